The maximum atomic E-state index is 6.37. The molecule has 2 aromatic rings. The van der Waals surface area contributed by atoms with Crippen molar-refractivity contribution < 1.29 is 0 Å². The predicted molar refractivity (Wildman–Crippen MR) is 71.5 cm³/mol. The minimum absolute atomic E-state index is 0.471. The Hall–Kier alpha value is -1.33. The first kappa shape index (κ1) is 13.1. The zero-order valence-corrected chi connectivity index (χ0v) is 11.5. The smallest absolute Gasteiger partial charge is 0.0869 e. The molecule has 18 heavy (non-hydrogen) atoms. The number of aromatic nitrogens is 4. The van der Waals surface area contributed by atoms with Crippen molar-refractivity contribution in [3.8, 4) is 0 Å². The first-order valence-corrected chi connectivity index (χ1v) is 6.53. The van der Waals surface area contributed by atoms with Gasteiger partial charge in [0.25, 0.3) is 0 Å². The summed E-state index contributed by atoms with van der Waals surface area (Å²) in [4.78, 5) is 0. The topological polar surface area (TPSA) is 61.7 Å². The number of hydrogen-bond donors (Lipinski definition) is 1. The van der Waals surface area contributed by atoms with Crippen LogP contribution in [0.5, 0.6) is 0 Å². The lowest BCUT2D eigenvalue weighted by molar-refractivity contribution is 0.562. The van der Waals surface area contributed by atoms with Gasteiger partial charge in [0.1, 0.15) is 0 Å². The molecule has 2 heterocycles. The Bertz CT molecular complexity index is 529. The molecule has 0 unspecified atom stereocenters. The van der Waals surface area contributed by atoms with Gasteiger partial charge in [0.05, 0.1) is 28.6 Å². The molecule has 2 aromatic heterocycles. The second-order valence-electron chi connectivity index (χ2n) is 4.06. The molecule has 0 saturated heterocycles. The molecule has 0 aliphatic heterocycles. The SMILES string of the molecule is CCc1nn(CC)c(Cn2nccc2CN)c1Cl. The molecule has 0 atom stereocenters. The number of aryl methyl sites for hydroxylation is 2. The predicted octanol–water partition coefficient (Wildman–Crippen LogP) is 1.82. The van der Waals surface area contributed by atoms with E-state index in [2.05, 4.69) is 24.0 Å². The fourth-order valence-corrected chi connectivity index (χ4v) is 2.31. The number of halogens is 1. The molecule has 0 aliphatic carbocycles. The lowest BCUT2D eigenvalue weighted by Gasteiger charge is -2.08. The number of nitrogens with two attached hydrogens (primary N) is 1. The molecule has 0 fully saturated rings. The third-order valence-corrected chi connectivity index (χ3v) is 3.44. The van der Waals surface area contributed by atoms with E-state index in [-0.39, 0.29) is 0 Å². The molecule has 0 radical (unpaired) electrons. The molecule has 5 nitrogen and oxygen atoms in total. The molecular formula is C12H18ClN5. The van der Waals surface area contributed by atoms with Crippen LogP contribution in [0.2, 0.25) is 5.02 Å². The fraction of sp³-hybridized carbons (Fsp3) is 0.500. The van der Waals surface area contributed by atoms with Crippen LogP contribution in [0.4, 0.5) is 0 Å². The summed E-state index contributed by atoms with van der Waals surface area (Å²) >= 11 is 6.37. The van der Waals surface area contributed by atoms with Crippen LogP contribution in [0.25, 0.3) is 0 Å². The van der Waals surface area contributed by atoms with Crippen molar-refractivity contribution in [3.05, 3.63) is 34.4 Å². The Morgan fingerprint density at radius 3 is 2.72 bits per heavy atom. The first-order valence-electron chi connectivity index (χ1n) is 6.16. The van der Waals surface area contributed by atoms with Gasteiger partial charge >= 0.3 is 0 Å². The van der Waals surface area contributed by atoms with Crippen molar-refractivity contribution in [2.75, 3.05) is 0 Å². The van der Waals surface area contributed by atoms with Gasteiger partial charge in [-0.3, -0.25) is 9.36 Å². The normalized spacial score (nSPS) is 11.1. The third kappa shape index (κ3) is 2.28. The molecule has 0 amide bonds. The number of nitrogens with zero attached hydrogens (tertiary/aromatic N) is 4. The highest BCUT2D eigenvalue weighted by Crippen LogP contribution is 2.22. The molecule has 0 saturated carbocycles. The first-order chi connectivity index (χ1) is 8.71. The van der Waals surface area contributed by atoms with E-state index in [9.17, 15) is 0 Å². The summed E-state index contributed by atoms with van der Waals surface area (Å²) in [5.41, 5.74) is 8.60. The van der Waals surface area contributed by atoms with Crippen LogP contribution in [-0.2, 0) is 26.1 Å². The highest BCUT2D eigenvalue weighted by atomic mass is 35.5. The van der Waals surface area contributed by atoms with Crippen molar-refractivity contribution in [2.45, 2.75) is 39.9 Å². The van der Waals surface area contributed by atoms with Crippen LogP contribution in [0, 0.1) is 0 Å². The van der Waals surface area contributed by atoms with Gasteiger partial charge in [0.15, 0.2) is 0 Å². The molecule has 0 bridgehead atoms. The molecular weight excluding hydrogens is 250 g/mol. The van der Waals surface area contributed by atoms with Gasteiger partial charge in [-0.2, -0.15) is 10.2 Å². The highest BCUT2D eigenvalue weighted by Gasteiger charge is 2.15. The summed E-state index contributed by atoms with van der Waals surface area (Å²) < 4.78 is 3.80. The molecule has 0 aromatic carbocycles. The van der Waals surface area contributed by atoms with Gasteiger partial charge in [-0.05, 0) is 19.4 Å². The van der Waals surface area contributed by atoms with Crippen LogP contribution in [-0.4, -0.2) is 19.6 Å². The third-order valence-electron chi connectivity index (χ3n) is 3.01. The van der Waals surface area contributed by atoms with Gasteiger partial charge in [0, 0.05) is 19.3 Å². The highest BCUT2D eigenvalue weighted by molar-refractivity contribution is 6.31. The Morgan fingerprint density at radius 2 is 2.11 bits per heavy atom. The van der Waals surface area contributed by atoms with Crippen LogP contribution in [0.1, 0.15) is 30.9 Å². The second-order valence-corrected chi connectivity index (χ2v) is 4.44. The monoisotopic (exact) mass is 267 g/mol. The lowest BCUT2D eigenvalue weighted by atomic mass is 10.3. The Labute approximate surface area is 112 Å². The van der Waals surface area contributed by atoms with E-state index in [4.69, 9.17) is 17.3 Å². The average Bonchev–Trinajstić information content (AvgIpc) is 2.95. The zero-order chi connectivity index (χ0) is 13.1. The molecule has 0 aliphatic rings. The minimum Gasteiger partial charge on any atom is -0.325 e. The largest absolute Gasteiger partial charge is 0.325 e. The van der Waals surface area contributed by atoms with Gasteiger partial charge < -0.3 is 5.73 Å². The number of rotatable bonds is 5. The van der Waals surface area contributed by atoms with E-state index in [1.165, 1.54) is 0 Å². The second kappa shape index (κ2) is 5.54. The summed E-state index contributed by atoms with van der Waals surface area (Å²) in [6, 6.07) is 1.92. The maximum absolute atomic E-state index is 6.37. The van der Waals surface area contributed by atoms with Gasteiger partial charge in [-0.1, -0.05) is 18.5 Å². The van der Waals surface area contributed by atoms with E-state index >= 15 is 0 Å². The van der Waals surface area contributed by atoms with Crippen molar-refractivity contribution in [3.63, 3.8) is 0 Å². The summed E-state index contributed by atoms with van der Waals surface area (Å²) in [6.45, 7) is 5.99. The summed E-state index contributed by atoms with van der Waals surface area (Å²) in [6.07, 6.45) is 2.59. The molecule has 0 spiro atoms. The van der Waals surface area contributed by atoms with Crippen molar-refractivity contribution >= 4 is 11.6 Å². The van der Waals surface area contributed by atoms with Crippen molar-refractivity contribution in [2.24, 2.45) is 5.73 Å². The molecule has 98 valence electrons. The Balaban J connectivity index is 2.36. The van der Waals surface area contributed by atoms with Gasteiger partial charge in [-0.15, -0.1) is 0 Å². The minimum atomic E-state index is 0.471. The van der Waals surface area contributed by atoms with Gasteiger partial charge in [-0.25, -0.2) is 0 Å². The standard InChI is InChI=1S/C12H18ClN5/c1-3-10-12(13)11(17(4-2)16-10)8-18-9(7-14)5-6-15-18/h5-6H,3-4,7-8,14H2,1-2H3. The van der Waals surface area contributed by atoms with E-state index in [0.29, 0.717) is 13.1 Å². The average molecular weight is 268 g/mol. The van der Waals surface area contributed by atoms with Gasteiger partial charge in [0.2, 0.25) is 0 Å². The van der Waals surface area contributed by atoms with Crippen LogP contribution < -0.4 is 5.73 Å². The van der Waals surface area contributed by atoms with Crippen LogP contribution in [0.15, 0.2) is 12.3 Å². The maximum Gasteiger partial charge on any atom is 0.0869 e. The van der Waals surface area contributed by atoms with E-state index < -0.39 is 0 Å². The zero-order valence-electron chi connectivity index (χ0n) is 10.7. The summed E-state index contributed by atoms with van der Waals surface area (Å²) in [5, 5.41) is 9.51. The molecule has 6 heteroatoms. The van der Waals surface area contributed by atoms with Crippen molar-refractivity contribution in [1.82, 2.24) is 19.6 Å². The molecule has 2 rings (SSSR count). The van der Waals surface area contributed by atoms with Crippen LogP contribution >= 0.6 is 11.6 Å². The van der Waals surface area contributed by atoms with Crippen molar-refractivity contribution in [1.29, 1.82) is 0 Å². The quantitative estimate of drug-likeness (QED) is 0.899. The lowest BCUT2D eigenvalue weighted by Crippen LogP contribution is -2.13. The van der Waals surface area contributed by atoms with E-state index in [0.717, 1.165) is 35.1 Å². The van der Waals surface area contributed by atoms with Crippen LogP contribution in [0.3, 0.4) is 0 Å². The van der Waals surface area contributed by atoms with E-state index in [1.807, 2.05) is 15.4 Å². The van der Waals surface area contributed by atoms with E-state index in [1.54, 1.807) is 6.20 Å². The molecule has 2 N–H and O–H groups in total. The Kier molecular flexibility index (Phi) is 4.04. The fourth-order valence-electron chi connectivity index (χ4n) is 1.99. The summed E-state index contributed by atoms with van der Waals surface area (Å²) in [7, 11) is 0. The number of hydrogen-bond acceptors (Lipinski definition) is 3. The summed E-state index contributed by atoms with van der Waals surface area (Å²) in [5.74, 6) is 0. The Morgan fingerprint density at radius 1 is 1.33 bits per heavy atom.